The minimum Gasteiger partial charge on any atom is -0.492 e. The zero-order chi connectivity index (χ0) is 79.1. The van der Waals surface area contributed by atoms with Crippen LogP contribution in [0.15, 0.2) is 291 Å². The molecule has 0 aliphatic heterocycles. The number of rotatable bonds is 24. The van der Waals surface area contributed by atoms with Crippen molar-refractivity contribution in [2.24, 2.45) is 0 Å². The Morgan fingerprint density at radius 1 is 0.214 bits per heavy atom. The van der Waals surface area contributed by atoms with E-state index in [0.717, 1.165) is 109 Å². The second-order valence-electron chi connectivity index (χ2n) is 34.1. The monoisotopic (exact) mass is 1560 g/mol. The molecule has 0 saturated heterocycles. The first-order valence-electron chi connectivity index (χ1n) is 39.5. The molecule has 576 valence electrons. The molecular formula is C100H108O8P4. The van der Waals surface area contributed by atoms with Gasteiger partial charge >= 0.3 is 0 Å². The third-order valence-electron chi connectivity index (χ3n) is 22.0. The molecule has 8 nitrogen and oxygen atoms in total. The molecule has 0 N–H and O–H groups in total. The Balaban J connectivity index is 1.08. The molecule has 13 rings (SSSR count). The van der Waals surface area contributed by atoms with E-state index in [2.05, 4.69) is 132 Å². The van der Waals surface area contributed by atoms with Gasteiger partial charge in [-0.25, -0.2) is 0 Å². The van der Waals surface area contributed by atoms with Crippen molar-refractivity contribution >= 4 is 71.0 Å². The lowest BCUT2D eigenvalue weighted by Gasteiger charge is -2.30. The number of hydrogen-bond donors (Lipinski definition) is 0. The molecule has 0 radical (unpaired) electrons. The molecule has 0 aromatic heterocycles. The fraction of sp³-hybridized carbons (Fsp3) is 0.280. The van der Waals surface area contributed by atoms with Crippen LogP contribution in [-0.2, 0) is 65.6 Å². The molecule has 0 heterocycles. The third-order valence-corrected chi connectivity index (χ3v) is 34.3. The molecule has 112 heavy (non-hydrogen) atoms. The molecule has 0 saturated carbocycles. The van der Waals surface area contributed by atoms with Crippen molar-refractivity contribution in [1.29, 1.82) is 0 Å². The van der Waals surface area contributed by atoms with Gasteiger partial charge < -0.3 is 37.2 Å². The highest BCUT2D eigenvalue weighted by atomic mass is 31.2. The lowest BCUT2D eigenvalue weighted by atomic mass is 9.79. The van der Waals surface area contributed by atoms with Gasteiger partial charge in [0.15, 0.2) is 0 Å². The molecule has 12 aromatic rings. The Labute approximate surface area is 666 Å². The highest BCUT2D eigenvalue weighted by Crippen LogP contribution is 2.50. The van der Waals surface area contributed by atoms with Gasteiger partial charge in [0.25, 0.3) is 0 Å². The SMILES string of the molecule is CC(C)(C)c1cc2c(OCCP(=O)(c3ccccc3)c3ccccc3)c(c1)Cc1cc(C(C)(C)C)cc(c1OCCP(=O)(c1ccccc1)c1ccccc1)Cc1cc(C(C)(C)C)cc(c1OCCP(=O)(c1ccccc1)c1ccccc1)Cc1cc(C(C)(C)C)cc(c1OCCP(=O)(c1ccccc1)c1ccccc1)C2. The van der Waals surface area contributed by atoms with E-state index in [1.165, 1.54) is 0 Å². The Hall–Kier alpha value is -9.24. The van der Waals surface area contributed by atoms with Crippen LogP contribution in [0.4, 0.5) is 0 Å². The van der Waals surface area contributed by atoms with Gasteiger partial charge in [-0.15, -0.1) is 0 Å². The molecule has 12 heteroatoms. The van der Waals surface area contributed by atoms with Crippen LogP contribution >= 0.6 is 28.6 Å². The minimum atomic E-state index is -3.31. The first-order chi connectivity index (χ1) is 53.5. The molecule has 1 aliphatic carbocycles. The van der Waals surface area contributed by atoms with E-state index >= 15 is 18.3 Å². The first-order valence-corrected chi connectivity index (χ1v) is 47.1. The largest absolute Gasteiger partial charge is 0.492 e. The normalized spacial score (nSPS) is 13.1. The highest BCUT2D eigenvalue weighted by Gasteiger charge is 2.36. The summed E-state index contributed by atoms with van der Waals surface area (Å²) in [6.07, 6.45) is 2.26. The van der Waals surface area contributed by atoms with Crippen molar-refractivity contribution in [1.82, 2.24) is 0 Å². The van der Waals surface area contributed by atoms with E-state index in [4.69, 9.17) is 18.9 Å². The lowest BCUT2D eigenvalue weighted by molar-refractivity contribution is 0.327. The van der Waals surface area contributed by atoms with Gasteiger partial charge in [0.1, 0.15) is 51.6 Å². The number of fused-ring (bicyclic) bond motifs is 8. The number of ether oxygens (including phenoxy) is 4. The van der Waals surface area contributed by atoms with Crippen LogP contribution in [0, 0.1) is 0 Å². The Morgan fingerprint density at radius 3 is 0.455 bits per heavy atom. The summed E-state index contributed by atoms with van der Waals surface area (Å²) in [4.78, 5) is 0. The summed E-state index contributed by atoms with van der Waals surface area (Å²) in [6, 6.07) is 97.2. The van der Waals surface area contributed by atoms with Gasteiger partial charge in [0, 0.05) is 92.8 Å². The van der Waals surface area contributed by atoms with Gasteiger partial charge in [-0.1, -0.05) is 374 Å². The van der Waals surface area contributed by atoms with Crippen molar-refractivity contribution in [2.45, 2.75) is 130 Å². The Bertz CT molecular complexity index is 4490. The topological polar surface area (TPSA) is 105 Å². The van der Waals surface area contributed by atoms with E-state index in [0.29, 0.717) is 48.7 Å². The summed E-state index contributed by atoms with van der Waals surface area (Å²) < 4.78 is 95.3. The quantitative estimate of drug-likeness (QED) is 0.0551. The van der Waals surface area contributed by atoms with Crippen LogP contribution < -0.4 is 61.4 Å². The molecular weight excluding hydrogens is 1450 g/mol. The van der Waals surface area contributed by atoms with Gasteiger partial charge in [-0.05, 0) is 88.4 Å². The lowest BCUT2D eigenvalue weighted by Crippen LogP contribution is -2.23. The predicted octanol–water partition coefficient (Wildman–Crippen LogP) is 21.1. The Kier molecular flexibility index (Phi) is 24.4. The standard InChI is InChI=1S/C100H108O8P4/c1-97(2,3)81-65-73-61-75-67-82(98(4,5)6)69-77(94(75)106-54-58-110(102,87-41-25-15-26-42-87)88-43-27-16-28-44-88)63-79-71-84(100(10,11)12)72-80(96(79)108-56-60-112(104,91-49-33-19-34-50-91)92-51-35-20-36-52-92)64-78-70-83(99(7,8)9)68-76(95(78)107-55-59-111(103,89-45-29-17-30-46-89)90-47-31-18-32-48-90)62-74(66-81)93(73)105-53-57-109(101,85-37-21-13-22-38-85)86-39-23-14-24-40-86/h13-52,65-72H,53-64H2,1-12H3. The predicted molar refractivity (Wildman–Crippen MR) is 472 cm³/mol. The summed E-state index contributed by atoms with van der Waals surface area (Å²) >= 11 is 0. The smallest absolute Gasteiger partial charge is 0.146 e. The van der Waals surface area contributed by atoms with Crippen molar-refractivity contribution in [3.05, 3.63) is 358 Å². The van der Waals surface area contributed by atoms with Crippen molar-refractivity contribution in [3.63, 3.8) is 0 Å². The van der Waals surface area contributed by atoms with Crippen LogP contribution in [0.25, 0.3) is 0 Å². The summed E-state index contributed by atoms with van der Waals surface area (Å²) in [5.74, 6) is 2.74. The van der Waals surface area contributed by atoms with Crippen LogP contribution in [0.2, 0.25) is 0 Å². The average molecular weight is 1560 g/mol. The number of benzene rings is 12. The van der Waals surface area contributed by atoms with Crippen molar-refractivity contribution < 1.29 is 37.2 Å². The van der Waals surface area contributed by atoms with Gasteiger partial charge in [-0.3, -0.25) is 0 Å². The fourth-order valence-electron chi connectivity index (χ4n) is 15.4. The summed E-state index contributed by atoms with van der Waals surface area (Å²) in [5.41, 5.74) is 10.3. The maximum Gasteiger partial charge on any atom is 0.146 e. The zero-order valence-corrected chi connectivity index (χ0v) is 70.8. The minimum absolute atomic E-state index is 0.116. The second kappa shape index (κ2) is 33.8. The Morgan fingerprint density at radius 2 is 0.339 bits per heavy atom. The van der Waals surface area contributed by atoms with Crippen LogP contribution in [0.1, 0.15) is 150 Å². The average Bonchev–Trinajstić information content (AvgIpc) is 0.834. The van der Waals surface area contributed by atoms with E-state index in [1.807, 2.05) is 243 Å². The summed E-state index contributed by atoms with van der Waals surface area (Å²) in [7, 11) is -13.2. The molecule has 12 aromatic carbocycles. The van der Waals surface area contributed by atoms with Crippen molar-refractivity contribution in [3.8, 4) is 23.0 Å². The van der Waals surface area contributed by atoms with Gasteiger partial charge in [0.05, 0.1) is 26.4 Å². The van der Waals surface area contributed by atoms with Gasteiger partial charge in [0.2, 0.25) is 0 Å². The molecule has 0 spiro atoms. The second-order valence-corrected chi connectivity index (χ2v) is 46.0. The van der Waals surface area contributed by atoms with E-state index in [9.17, 15) is 0 Å². The third kappa shape index (κ3) is 18.2. The van der Waals surface area contributed by atoms with Crippen LogP contribution in [-0.4, -0.2) is 51.1 Å². The summed E-state index contributed by atoms with van der Waals surface area (Å²) in [6.45, 7) is 27.6. The van der Waals surface area contributed by atoms with E-state index in [1.54, 1.807) is 0 Å². The molecule has 1 aliphatic rings. The molecule has 0 fully saturated rings. The summed E-state index contributed by atoms with van der Waals surface area (Å²) in [5, 5.41) is 6.09. The molecule has 0 amide bonds. The number of hydrogen-bond acceptors (Lipinski definition) is 8. The zero-order valence-electron chi connectivity index (χ0n) is 67.3. The van der Waals surface area contributed by atoms with Gasteiger partial charge in [-0.2, -0.15) is 0 Å². The first kappa shape index (κ1) is 80.8. The van der Waals surface area contributed by atoms with E-state index in [-0.39, 0.29) is 72.7 Å². The fourth-order valence-corrected chi connectivity index (χ4v) is 25.3. The maximum atomic E-state index is 16.2. The maximum absolute atomic E-state index is 16.2. The highest BCUT2D eigenvalue weighted by molar-refractivity contribution is 7.80. The van der Waals surface area contributed by atoms with Crippen LogP contribution in [0.5, 0.6) is 23.0 Å². The molecule has 8 bridgehead atoms. The molecule has 0 atom stereocenters. The molecule has 0 unspecified atom stereocenters. The van der Waals surface area contributed by atoms with E-state index < -0.39 is 28.6 Å². The van der Waals surface area contributed by atoms with Crippen LogP contribution in [0.3, 0.4) is 0 Å². The van der Waals surface area contributed by atoms with Crippen molar-refractivity contribution in [2.75, 3.05) is 51.1 Å².